The van der Waals surface area contributed by atoms with Crippen LogP contribution in [0.5, 0.6) is 5.88 Å². The molecule has 0 amide bonds. The number of aromatic hydroxyl groups is 1. The predicted octanol–water partition coefficient (Wildman–Crippen LogP) is 1.36. The second kappa shape index (κ2) is 6.00. The summed E-state index contributed by atoms with van der Waals surface area (Å²) in [6, 6.07) is 6.88. The number of aliphatic imine (C=N–C) groups is 1. The van der Waals surface area contributed by atoms with Crippen molar-refractivity contribution in [1.29, 1.82) is 0 Å². The van der Waals surface area contributed by atoms with Crippen molar-refractivity contribution in [1.82, 2.24) is 9.97 Å². The van der Waals surface area contributed by atoms with E-state index in [2.05, 4.69) is 15.0 Å². The quantitative estimate of drug-likeness (QED) is 0.514. The molecule has 128 valence electrons. The van der Waals surface area contributed by atoms with E-state index < -0.39 is 16.0 Å². The van der Waals surface area contributed by atoms with Gasteiger partial charge in [-0.25, -0.2) is 23.3 Å². The van der Waals surface area contributed by atoms with Gasteiger partial charge >= 0.3 is 5.97 Å². The van der Waals surface area contributed by atoms with Crippen molar-refractivity contribution in [2.24, 2.45) is 10.1 Å². The zero-order chi connectivity index (χ0) is 18.2. The summed E-state index contributed by atoms with van der Waals surface area (Å²) in [5.74, 6) is -1.36. The molecule has 0 atom stereocenters. The first-order chi connectivity index (χ1) is 11.8. The predicted molar refractivity (Wildman–Crippen MR) is 89.8 cm³/mol. The number of aromatic nitrogens is 2. The van der Waals surface area contributed by atoms with Crippen LogP contribution in [0.2, 0.25) is 0 Å². The number of primary sulfonamides is 1. The van der Waals surface area contributed by atoms with E-state index in [1.54, 1.807) is 0 Å². The van der Waals surface area contributed by atoms with Crippen LogP contribution in [0.1, 0.15) is 15.9 Å². The molecule has 10 heteroatoms. The summed E-state index contributed by atoms with van der Waals surface area (Å²) in [4.78, 5) is 21.7. The number of hydrogen-bond acceptors (Lipinski definition) is 6. The van der Waals surface area contributed by atoms with Gasteiger partial charge in [0.05, 0.1) is 21.7 Å². The third kappa shape index (κ3) is 3.34. The highest BCUT2D eigenvalue weighted by Gasteiger charge is 2.13. The molecule has 2 heterocycles. The number of carboxylic acids is 1. The maximum Gasteiger partial charge on any atom is 0.337 e. The van der Waals surface area contributed by atoms with Crippen molar-refractivity contribution < 1.29 is 23.4 Å². The minimum atomic E-state index is -3.79. The van der Waals surface area contributed by atoms with Crippen LogP contribution >= 0.6 is 0 Å². The standard InChI is InChI=1S/C15H12N4O5S/c16-25(23,24)10-3-1-9(2-4-10)17-7-12-11-5-8(15(21)22)6-18-13(11)19-14(12)20/h1-7,20H,(H,18,19)(H,21,22)(H2,16,23,24). The van der Waals surface area contributed by atoms with Gasteiger partial charge in [0.25, 0.3) is 0 Å². The van der Waals surface area contributed by atoms with Crippen LogP contribution in [-0.2, 0) is 10.0 Å². The summed E-state index contributed by atoms with van der Waals surface area (Å²) < 4.78 is 22.4. The van der Waals surface area contributed by atoms with Gasteiger partial charge in [-0.1, -0.05) is 0 Å². The summed E-state index contributed by atoms with van der Waals surface area (Å²) >= 11 is 0. The molecule has 2 aromatic heterocycles. The second-order valence-electron chi connectivity index (χ2n) is 5.11. The highest BCUT2D eigenvalue weighted by Crippen LogP contribution is 2.26. The summed E-state index contributed by atoms with van der Waals surface area (Å²) in [7, 11) is -3.79. The number of benzene rings is 1. The van der Waals surface area contributed by atoms with Gasteiger partial charge in [-0.2, -0.15) is 0 Å². The Hall–Kier alpha value is -3.24. The molecule has 0 fully saturated rings. The SMILES string of the molecule is NS(=O)(=O)c1ccc(N=Cc2c(O)[nH]c3ncc(C(=O)O)cc23)cc1. The molecule has 3 aromatic rings. The number of hydrogen-bond donors (Lipinski definition) is 4. The van der Waals surface area contributed by atoms with Crippen molar-refractivity contribution >= 4 is 38.9 Å². The molecule has 3 rings (SSSR count). The Bertz CT molecular complexity index is 1100. The molecular weight excluding hydrogens is 348 g/mol. The van der Waals surface area contributed by atoms with Gasteiger partial charge in [0, 0.05) is 17.8 Å². The van der Waals surface area contributed by atoms with E-state index in [0.717, 1.165) is 0 Å². The molecule has 25 heavy (non-hydrogen) atoms. The van der Waals surface area contributed by atoms with E-state index in [9.17, 15) is 18.3 Å². The molecule has 0 spiro atoms. The number of fused-ring (bicyclic) bond motifs is 1. The van der Waals surface area contributed by atoms with Crippen molar-refractivity contribution in [3.63, 3.8) is 0 Å². The fourth-order valence-corrected chi connectivity index (χ4v) is 2.70. The first kappa shape index (κ1) is 16.6. The number of sulfonamides is 1. The molecular formula is C15H12N4O5S. The fourth-order valence-electron chi connectivity index (χ4n) is 2.19. The number of aromatic amines is 1. The molecule has 0 saturated heterocycles. The van der Waals surface area contributed by atoms with E-state index in [1.165, 1.54) is 42.7 Å². The molecule has 5 N–H and O–H groups in total. The normalized spacial score (nSPS) is 12.0. The van der Waals surface area contributed by atoms with E-state index in [0.29, 0.717) is 16.7 Å². The first-order valence-corrected chi connectivity index (χ1v) is 8.41. The zero-order valence-electron chi connectivity index (χ0n) is 12.5. The van der Waals surface area contributed by atoms with E-state index >= 15 is 0 Å². The van der Waals surface area contributed by atoms with Crippen molar-refractivity contribution in [2.75, 3.05) is 0 Å². The minimum absolute atomic E-state index is 0.0290. The maximum atomic E-state index is 11.2. The Balaban J connectivity index is 1.99. The lowest BCUT2D eigenvalue weighted by Gasteiger charge is -1.98. The van der Waals surface area contributed by atoms with Crippen molar-refractivity contribution in [3.05, 3.63) is 47.7 Å². The number of carbonyl (C=O) groups is 1. The number of pyridine rings is 1. The summed E-state index contributed by atoms with van der Waals surface area (Å²) in [5.41, 5.74) is 0.969. The number of rotatable bonds is 4. The topological polar surface area (TPSA) is 159 Å². The lowest BCUT2D eigenvalue weighted by Crippen LogP contribution is -2.11. The zero-order valence-corrected chi connectivity index (χ0v) is 13.4. The average molecular weight is 360 g/mol. The summed E-state index contributed by atoms with van der Waals surface area (Å²) in [5, 5.41) is 24.4. The van der Waals surface area contributed by atoms with Gasteiger partial charge in [-0.15, -0.1) is 0 Å². The number of H-pyrrole nitrogens is 1. The number of nitrogens with two attached hydrogens (primary N) is 1. The van der Waals surface area contributed by atoms with Crippen molar-refractivity contribution in [2.45, 2.75) is 4.90 Å². The van der Waals surface area contributed by atoms with Crippen LogP contribution in [0.3, 0.4) is 0 Å². The van der Waals surface area contributed by atoms with E-state index in [1.807, 2.05) is 0 Å². The lowest BCUT2D eigenvalue weighted by atomic mass is 10.2. The van der Waals surface area contributed by atoms with Crippen LogP contribution in [0.4, 0.5) is 5.69 Å². The van der Waals surface area contributed by atoms with Crippen LogP contribution in [0, 0.1) is 0 Å². The molecule has 0 aliphatic heterocycles. The minimum Gasteiger partial charge on any atom is -0.494 e. The van der Waals surface area contributed by atoms with Gasteiger partial charge in [-0.3, -0.25) is 4.99 Å². The van der Waals surface area contributed by atoms with Crippen LogP contribution in [-0.4, -0.2) is 40.8 Å². The third-order valence-electron chi connectivity index (χ3n) is 3.42. The highest BCUT2D eigenvalue weighted by atomic mass is 32.2. The fraction of sp³-hybridized carbons (Fsp3) is 0. The number of aromatic carboxylic acids is 1. The smallest absolute Gasteiger partial charge is 0.337 e. The first-order valence-electron chi connectivity index (χ1n) is 6.86. The van der Waals surface area contributed by atoms with Crippen LogP contribution in [0.25, 0.3) is 11.0 Å². The molecule has 1 aromatic carbocycles. The molecule has 9 nitrogen and oxygen atoms in total. The monoisotopic (exact) mass is 360 g/mol. The number of carboxylic acid groups (broad SMARTS) is 1. The Morgan fingerprint density at radius 2 is 1.96 bits per heavy atom. The van der Waals surface area contributed by atoms with E-state index in [-0.39, 0.29) is 21.9 Å². The maximum absolute atomic E-state index is 11.2. The summed E-state index contributed by atoms with van der Waals surface area (Å²) in [6.07, 6.45) is 2.50. The number of nitrogens with one attached hydrogen (secondary N) is 1. The van der Waals surface area contributed by atoms with Gasteiger partial charge in [-0.05, 0) is 30.3 Å². The van der Waals surface area contributed by atoms with Gasteiger partial charge in [0.2, 0.25) is 10.0 Å². The third-order valence-corrected chi connectivity index (χ3v) is 4.35. The molecule has 0 unspecified atom stereocenters. The molecule has 0 aliphatic carbocycles. The largest absolute Gasteiger partial charge is 0.494 e. The van der Waals surface area contributed by atoms with Crippen molar-refractivity contribution in [3.8, 4) is 5.88 Å². The Kier molecular flexibility index (Phi) is 3.99. The molecule has 0 radical (unpaired) electrons. The lowest BCUT2D eigenvalue weighted by molar-refractivity contribution is 0.0696. The highest BCUT2D eigenvalue weighted by molar-refractivity contribution is 7.89. The Morgan fingerprint density at radius 1 is 1.28 bits per heavy atom. The molecule has 0 saturated carbocycles. The second-order valence-corrected chi connectivity index (χ2v) is 6.67. The molecule has 0 bridgehead atoms. The van der Waals surface area contributed by atoms with E-state index in [4.69, 9.17) is 10.2 Å². The molecule has 0 aliphatic rings. The van der Waals surface area contributed by atoms with Gasteiger partial charge in [0.1, 0.15) is 5.65 Å². The Labute approximate surface area is 141 Å². The van der Waals surface area contributed by atoms with Crippen LogP contribution < -0.4 is 5.14 Å². The number of nitrogens with zero attached hydrogens (tertiary/aromatic N) is 2. The van der Waals surface area contributed by atoms with Gasteiger partial charge in [0.15, 0.2) is 5.88 Å². The summed E-state index contributed by atoms with van der Waals surface area (Å²) in [6.45, 7) is 0. The Morgan fingerprint density at radius 3 is 2.56 bits per heavy atom. The van der Waals surface area contributed by atoms with Crippen LogP contribution in [0.15, 0.2) is 46.4 Å². The average Bonchev–Trinajstić information content (AvgIpc) is 2.87. The van der Waals surface area contributed by atoms with Gasteiger partial charge < -0.3 is 15.2 Å².